The van der Waals surface area contributed by atoms with E-state index < -0.39 is 6.10 Å². The number of aliphatic hydroxyl groups is 1. The van der Waals surface area contributed by atoms with Crippen molar-refractivity contribution in [2.75, 3.05) is 13.6 Å². The number of hydrogen-bond donors (Lipinski definition) is 2. The van der Waals surface area contributed by atoms with E-state index in [1.807, 2.05) is 5.38 Å². The Bertz CT molecular complexity index is 390. The molecule has 0 bridgehead atoms. The van der Waals surface area contributed by atoms with Crippen molar-refractivity contribution in [3.05, 3.63) is 16.1 Å². The van der Waals surface area contributed by atoms with Gasteiger partial charge in [0.25, 0.3) is 0 Å². The zero-order valence-electron chi connectivity index (χ0n) is 11.3. The van der Waals surface area contributed by atoms with E-state index >= 15 is 0 Å². The lowest BCUT2D eigenvalue weighted by Gasteiger charge is -2.18. The van der Waals surface area contributed by atoms with Crippen LogP contribution in [0.4, 0.5) is 4.79 Å². The van der Waals surface area contributed by atoms with Gasteiger partial charge in [-0.15, -0.1) is 11.3 Å². The third kappa shape index (κ3) is 4.62. The first-order chi connectivity index (χ1) is 8.40. The predicted molar refractivity (Wildman–Crippen MR) is 72.7 cm³/mol. The first-order valence-corrected chi connectivity index (χ1v) is 6.89. The van der Waals surface area contributed by atoms with Crippen LogP contribution in [0.5, 0.6) is 0 Å². The Kier molecular flexibility index (Phi) is 5.55. The number of aliphatic hydroxyl groups excluding tert-OH is 1. The number of carbonyl (C=O) groups is 1. The number of aromatic nitrogens is 1. The van der Waals surface area contributed by atoms with Crippen LogP contribution in [0.2, 0.25) is 0 Å². The van der Waals surface area contributed by atoms with E-state index in [0.717, 1.165) is 10.7 Å². The first kappa shape index (κ1) is 14.9. The molecule has 1 rings (SSSR count). The lowest BCUT2D eigenvalue weighted by molar-refractivity contribution is 0.143. The molecule has 0 aromatic carbocycles. The molecule has 0 aliphatic heterocycles. The molecule has 6 heteroatoms. The highest BCUT2D eigenvalue weighted by atomic mass is 32.1. The van der Waals surface area contributed by atoms with Crippen molar-refractivity contribution in [3.63, 3.8) is 0 Å². The lowest BCUT2D eigenvalue weighted by atomic mass is 10.2. The van der Waals surface area contributed by atoms with E-state index in [9.17, 15) is 9.90 Å². The molecule has 0 aliphatic carbocycles. The van der Waals surface area contributed by atoms with Crippen LogP contribution in [0.15, 0.2) is 5.38 Å². The molecule has 0 fully saturated rings. The van der Waals surface area contributed by atoms with Crippen molar-refractivity contribution >= 4 is 17.4 Å². The minimum atomic E-state index is -0.520. The summed E-state index contributed by atoms with van der Waals surface area (Å²) in [5, 5.41) is 14.9. The molecule has 5 nitrogen and oxygen atoms in total. The molecule has 0 saturated carbocycles. The first-order valence-electron chi connectivity index (χ1n) is 6.01. The molecule has 0 radical (unpaired) electrons. The SMILES string of the molecule is CC(O)CN(C)C(=O)NCc1nc(C(C)C)cs1. The van der Waals surface area contributed by atoms with Gasteiger partial charge in [-0.25, -0.2) is 9.78 Å². The van der Waals surface area contributed by atoms with Gasteiger partial charge in [-0.3, -0.25) is 0 Å². The maximum Gasteiger partial charge on any atom is 0.317 e. The largest absolute Gasteiger partial charge is 0.392 e. The normalized spacial score (nSPS) is 12.6. The summed E-state index contributed by atoms with van der Waals surface area (Å²) in [4.78, 5) is 17.6. The molecule has 0 aliphatic rings. The number of thiazole rings is 1. The minimum absolute atomic E-state index is 0.197. The summed E-state index contributed by atoms with van der Waals surface area (Å²) in [5.74, 6) is 0.406. The molecule has 0 saturated heterocycles. The molecule has 1 unspecified atom stereocenters. The van der Waals surface area contributed by atoms with Crippen LogP contribution in [0.25, 0.3) is 0 Å². The smallest absolute Gasteiger partial charge is 0.317 e. The van der Waals surface area contributed by atoms with Crippen LogP contribution in [0.3, 0.4) is 0 Å². The summed E-state index contributed by atoms with van der Waals surface area (Å²) in [6.07, 6.45) is -0.520. The van der Waals surface area contributed by atoms with Crippen LogP contribution >= 0.6 is 11.3 Å². The summed E-state index contributed by atoms with van der Waals surface area (Å²) in [7, 11) is 1.66. The van der Waals surface area contributed by atoms with Crippen molar-refractivity contribution in [2.45, 2.75) is 39.3 Å². The molecule has 1 aromatic rings. The Morgan fingerprint density at radius 3 is 2.72 bits per heavy atom. The van der Waals surface area contributed by atoms with Crippen LogP contribution in [-0.4, -0.2) is 40.7 Å². The monoisotopic (exact) mass is 271 g/mol. The molecular formula is C12H21N3O2S. The van der Waals surface area contributed by atoms with Crippen molar-refractivity contribution in [3.8, 4) is 0 Å². The number of urea groups is 1. The van der Waals surface area contributed by atoms with E-state index in [0.29, 0.717) is 19.0 Å². The number of rotatable bonds is 5. The van der Waals surface area contributed by atoms with Crippen LogP contribution in [0.1, 0.15) is 37.4 Å². The van der Waals surface area contributed by atoms with Crippen molar-refractivity contribution in [1.29, 1.82) is 0 Å². The summed E-state index contributed by atoms with van der Waals surface area (Å²) in [6.45, 7) is 6.59. The third-order valence-electron chi connectivity index (χ3n) is 2.44. The van der Waals surface area contributed by atoms with Gasteiger partial charge < -0.3 is 15.3 Å². The quantitative estimate of drug-likeness (QED) is 0.858. The summed E-state index contributed by atoms with van der Waals surface area (Å²) in [6, 6.07) is -0.197. The van der Waals surface area contributed by atoms with Gasteiger partial charge in [0, 0.05) is 19.0 Å². The second-order valence-electron chi connectivity index (χ2n) is 4.71. The van der Waals surface area contributed by atoms with Gasteiger partial charge in [-0.05, 0) is 12.8 Å². The Labute approximate surface area is 112 Å². The molecule has 2 amide bonds. The highest BCUT2D eigenvalue weighted by molar-refractivity contribution is 7.09. The van der Waals surface area contributed by atoms with E-state index in [1.54, 1.807) is 25.3 Å². The third-order valence-corrected chi connectivity index (χ3v) is 3.30. The molecule has 0 spiro atoms. The topological polar surface area (TPSA) is 65.5 Å². The second-order valence-corrected chi connectivity index (χ2v) is 5.65. The summed E-state index contributed by atoms with van der Waals surface area (Å²) >= 11 is 1.55. The number of hydrogen-bond acceptors (Lipinski definition) is 4. The average Bonchev–Trinajstić information content (AvgIpc) is 2.73. The molecule has 102 valence electrons. The fourth-order valence-electron chi connectivity index (χ4n) is 1.44. The van der Waals surface area contributed by atoms with Gasteiger partial charge >= 0.3 is 6.03 Å². The number of likely N-dealkylation sites (N-methyl/N-ethyl adjacent to an activating group) is 1. The van der Waals surface area contributed by atoms with Crippen LogP contribution in [0, 0.1) is 0 Å². The van der Waals surface area contributed by atoms with Crippen molar-refractivity contribution in [1.82, 2.24) is 15.2 Å². The van der Waals surface area contributed by atoms with Crippen LogP contribution < -0.4 is 5.32 Å². The Morgan fingerprint density at radius 1 is 1.56 bits per heavy atom. The molecular weight excluding hydrogens is 250 g/mol. The fourth-order valence-corrected chi connectivity index (χ4v) is 2.33. The summed E-state index contributed by atoms with van der Waals surface area (Å²) in [5.41, 5.74) is 1.06. The van der Waals surface area contributed by atoms with Gasteiger partial charge in [0.05, 0.1) is 18.3 Å². The molecule has 1 heterocycles. The summed E-state index contributed by atoms with van der Waals surface area (Å²) < 4.78 is 0. The van der Waals surface area contributed by atoms with Gasteiger partial charge in [0.1, 0.15) is 5.01 Å². The molecule has 1 atom stereocenters. The van der Waals surface area contributed by atoms with Gasteiger partial charge in [-0.1, -0.05) is 13.8 Å². The molecule has 18 heavy (non-hydrogen) atoms. The Morgan fingerprint density at radius 2 is 2.22 bits per heavy atom. The number of nitrogens with one attached hydrogen (secondary N) is 1. The predicted octanol–water partition coefficient (Wildman–Crippen LogP) is 1.79. The zero-order valence-corrected chi connectivity index (χ0v) is 12.1. The number of carbonyl (C=O) groups excluding carboxylic acids is 1. The maximum atomic E-state index is 11.7. The second kappa shape index (κ2) is 6.70. The minimum Gasteiger partial charge on any atom is -0.392 e. The standard InChI is InChI=1S/C12H21N3O2S/c1-8(2)10-7-18-11(14-10)5-13-12(17)15(4)6-9(3)16/h7-9,16H,5-6H2,1-4H3,(H,13,17). The Hall–Kier alpha value is -1.14. The van der Waals surface area contributed by atoms with Crippen molar-refractivity contribution in [2.24, 2.45) is 0 Å². The highest BCUT2D eigenvalue weighted by Crippen LogP contribution is 2.17. The van der Waals surface area contributed by atoms with E-state index in [-0.39, 0.29) is 6.03 Å². The molecule has 2 N–H and O–H groups in total. The van der Waals surface area contributed by atoms with Gasteiger partial charge in [-0.2, -0.15) is 0 Å². The van der Waals surface area contributed by atoms with E-state index in [1.165, 1.54) is 4.90 Å². The number of nitrogens with zero attached hydrogens (tertiary/aromatic N) is 2. The zero-order chi connectivity index (χ0) is 13.7. The Balaban J connectivity index is 2.42. The van der Waals surface area contributed by atoms with Gasteiger partial charge in [0.2, 0.25) is 0 Å². The van der Waals surface area contributed by atoms with Crippen LogP contribution in [-0.2, 0) is 6.54 Å². The fraction of sp³-hybridized carbons (Fsp3) is 0.667. The van der Waals surface area contributed by atoms with E-state index in [4.69, 9.17) is 0 Å². The lowest BCUT2D eigenvalue weighted by Crippen LogP contribution is -2.40. The average molecular weight is 271 g/mol. The van der Waals surface area contributed by atoms with Crippen molar-refractivity contribution < 1.29 is 9.90 Å². The van der Waals surface area contributed by atoms with Gasteiger partial charge in [0.15, 0.2) is 0 Å². The number of amides is 2. The maximum absolute atomic E-state index is 11.7. The van der Waals surface area contributed by atoms with E-state index in [2.05, 4.69) is 24.1 Å². The highest BCUT2D eigenvalue weighted by Gasteiger charge is 2.11. The molecule has 1 aromatic heterocycles.